The summed E-state index contributed by atoms with van der Waals surface area (Å²) in [6.45, 7) is 5.59. The van der Waals surface area contributed by atoms with Crippen LogP contribution in [0.2, 0.25) is 0 Å². The lowest BCUT2D eigenvalue weighted by molar-refractivity contribution is -0.757. The number of aryl methyl sites for hydroxylation is 2. The lowest BCUT2D eigenvalue weighted by Gasteiger charge is -2.11. The summed E-state index contributed by atoms with van der Waals surface area (Å²) >= 11 is 0. The molecule has 5 nitrogen and oxygen atoms in total. The smallest absolute Gasteiger partial charge is 0.249 e. The molecule has 0 radical (unpaired) electrons. The van der Waals surface area contributed by atoms with Crippen molar-refractivity contribution in [3.8, 4) is 0 Å². The minimum atomic E-state index is -0.0851. The average Bonchev–Trinajstić information content (AvgIpc) is 2.97. The van der Waals surface area contributed by atoms with Crippen LogP contribution in [0.4, 0.5) is 0 Å². The second-order valence-electron chi connectivity index (χ2n) is 6.30. The van der Waals surface area contributed by atoms with Gasteiger partial charge in [-0.1, -0.05) is 51.0 Å². The van der Waals surface area contributed by atoms with Crippen molar-refractivity contribution in [3.63, 3.8) is 0 Å². The van der Waals surface area contributed by atoms with Crippen LogP contribution in [0.3, 0.4) is 0 Å². The maximum atomic E-state index is 13.0. The number of fused-ring (bicyclic) bond motifs is 2. The normalized spacial score (nSPS) is 12.6. The quantitative estimate of drug-likeness (QED) is 0.437. The Kier molecular flexibility index (Phi) is 6.48. The van der Waals surface area contributed by atoms with Crippen LogP contribution in [-0.2, 0) is 13.1 Å². The molecule has 1 heterocycles. The van der Waals surface area contributed by atoms with Gasteiger partial charge in [0.1, 0.15) is 13.1 Å². The van der Waals surface area contributed by atoms with Gasteiger partial charge in [0.15, 0.2) is 0 Å². The average molecular weight is 362 g/mol. The van der Waals surface area contributed by atoms with E-state index in [2.05, 4.69) is 19.1 Å². The summed E-state index contributed by atoms with van der Waals surface area (Å²) in [5, 5.41) is 4.58. The lowest BCUT2D eigenvalue weighted by atomic mass is 9.90. The molecule has 1 aliphatic rings. The second kappa shape index (κ2) is 8.39. The molecule has 0 saturated carbocycles. The number of nitrogens with zero attached hydrogens (tertiary/aromatic N) is 3. The Hall–Kier alpha value is -2.01. The fourth-order valence-electron chi connectivity index (χ4n) is 3.18. The molecule has 0 atom stereocenters. The summed E-state index contributed by atoms with van der Waals surface area (Å²) in [5.41, 5.74) is 1.91. The Morgan fingerprint density at radius 1 is 0.960 bits per heavy atom. The first kappa shape index (κ1) is 19.3. The number of aromatic nitrogens is 3. The van der Waals surface area contributed by atoms with Gasteiger partial charge in [-0.05, 0) is 19.3 Å². The maximum Gasteiger partial charge on any atom is 0.249 e. The minimum Gasteiger partial charge on any atom is -1.00 e. The van der Waals surface area contributed by atoms with E-state index in [9.17, 15) is 9.59 Å². The molecule has 25 heavy (non-hydrogen) atoms. The maximum absolute atomic E-state index is 13.0. The molecule has 0 spiro atoms. The molecule has 0 bridgehead atoms. The summed E-state index contributed by atoms with van der Waals surface area (Å²) in [7, 11) is 0. The zero-order chi connectivity index (χ0) is 17.1. The van der Waals surface area contributed by atoms with E-state index in [-0.39, 0.29) is 24.0 Å². The van der Waals surface area contributed by atoms with E-state index in [0.29, 0.717) is 35.6 Å². The molecule has 0 unspecified atom stereocenters. The molecule has 0 fully saturated rings. The fraction of sp³-hybridized carbons (Fsp3) is 0.474. The van der Waals surface area contributed by atoms with Crippen molar-refractivity contribution in [1.29, 1.82) is 0 Å². The topological polar surface area (TPSA) is 55.8 Å². The number of ketones is 2. The van der Waals surface area contributed by atoms with Crippen LogP contribution in [-0.4, -0.2) is 21.5 Å². The Morgan fingerprint density at radius 3 is 2.24 bits per heavy atom. The highest BCUT2D eigenvalue weighted by molar-refractivity contribution is 6.26. The van der Waals surface area contributed by atoms with Crippen molar-refractivity contribution in [2.24, 2.45) is 0 Å². The van der Waals surface area contributed by atoms with E-state index in [1.54, 1.807) is 33.6 Å². The standard InChI is InChI=1S/C19H24N3O2.ClH/c1-3-5-9-13-22-17-16(21(20-22)12-6-4-2)18(23)14-10-7-8-11-15(14)19(17)24;/h7-8,10-11H,3-6,9,12-13H2,1-2H3;1H/q+1;/p-1. The molecule has 2 aromatic rings. The van der Waals surface area contributed by atoms with E-state index < -0.39 is 0 Å². The molecule has 0 N–H and O–H groups in total. The lowest BCUT2D eigenvalue weighted by Crippen LogP contribution is -3.00. The number of hydrogen-bond acceptors (Lipinski definition) is 3. The minimum absolute atomic E-state index is 0. The van der Waals surface area contributed by atoms with Crippen molar-refractivity contribution in [1.82, 2.24) is 9.90 Å². The summed E-state index contributed by atoms with van der Waals surface area (Å²) < 4.78 is 3.48. The van der Waals surface area contributed by atoms with Crippen molar-refractivity contribution in [2.75, 3.05) is 0 Å². The van der Waals surface area contributed by atoms with Crippen molar-refractivity contribution in [3.05, 3.63) is 46.8 Å². The summed E-state index contributed by atoms with van der Waals surface area (Å²) in [6.07, 6.45) is 5.11. The number of benzene rings is 1. The van der Waals surface area contributed by atoms with Gasteiger partial charge in [0.25, 0.3) is 0 Å². The molecule has 3 rings (SSSR count). The number of hydrogen-bond donors (Lipinski definition) is 0. The summed E-state index contributed by atoms with van der Waals surface area (Å²) in [4.78, 5) is 25.9. The van der Waals surface area contributed by atoms with Crippen molar-refractivity contribution >= 4 is 11.6 Å². The van der Waals surface area contributed by atoms with Crippen LogP contribution in [0, 0.1) is 0 Å². The van der Waals surface area contributed by atoms with Gasteiger partial charge in [-0.2, -0.15) is 0 Å². The van der Waals surface area contributed by atoms with Crippen LogP contribution in [0.1, 0.15) is 78.1 Å². The van der Waals surface area contributed by atoms with Gasteiger partial charge >= 0.3 is 0 Å². The highest BCUT2D eigenvalue weighted by atomic mass is 35.5. The van der Waals surface area contributed by atoms with E-state index in [1.807, 2.05) is 0 Å². The number of unbranched alkanes of at least 4 members (excludes halogenated alkanes) is 3. The number of rotatable bonds is 7. The van der Waals surface area contributed by atoms with Crippen molar-refractivity contribution < 1.29 is 26.7 Å². The molecular weight excluding hydrogens is 338 g/mol. The monoisotopic (exact) mass is 361 g/mol. The molecule has 1 aromatic heterocycles. The van der Waals surface area contributed by atoms with Crippen LogP contribution >= 0.6 is 0 Å². The zero-order valence-electron chi connectivity index (χ0n) is 14.8. The van der Waals surface area contributed by atoms with Gasteiger partial charge in [0.2, 0.25) is 23.0 Å². The third kappa shape index (κ3) is 3.52. The molecule has 6 heteroatoms. The van der Waals surface area contributed by atoms with Crippen LogP contribution in [0.15, 0.2) is 24.3 Å². The number of halogens is 1. The Bertz CT molecular complexity index is 783. The fourth-order valence-corrected chi connectivity index (χ4v) is 3.18. The molecule has 0 aliphatic heterocycles. The first-order valence-corrected chi connectivity index (χ1v) is 8.88. The van der Waals surface area contributed by atoms with Gasteiger partial charge < -0.3 is 12.4 Å². The highest BCUT2D eigenvalue weighted by Crippen LogP contribution is 2.25. The predicted octanol–water partition coefficient (Wildman–Crippen LogP) is -0.0597. The Morgan fingerprint density at radius 2 is 1.60 bits per heavy atom. The summed E-state index contributed by atoms with van der Waals surface area (Å²) in [5.74, 6) is -0.169. The predicted molar refractivity (Wildman–Crippen MR) is 90.2 cm³/mol. The largest absolute Gasteiger partial charge is 1.00 e. The third-order valence-corrected chi connectivity index (χ3v) is 4.50. The molecule has 0 saturated heterocycles. The molecule has 1 aromatic carbocycles. The highest BCUT2D eigenvalue weighted by Gasteiger charge is 2.42. The molecular formula is C19H24ClN3O2. The number of carbonyl (C=O) groups is 2. The van der Waals surface area contributed by atoms with Gasteiger partial charge in [0, 0.05) is 11.1 Å². The van der Waals surface area contributed by atoms with E-state index in [0.717, 1.165) is 32.1 Å². The number of carbonyl (C=O) groups excluding carboxylic acids is 2. The third-order valence-electron chi connectivity index (χ3n) is 4.50. The van der Waals surface area contributed by atoms with Crippen molar-refractivity contribution in [2.45, 2.75) is 59.0 Å². The van der Waals surface area contributed by atoms with Gasteiger partial charge in [0.05, 0.1) is 5.21 Å². The van der Waals surface area contributed by atoms with Crippen LogP contribution < -0.4 is 17.1 Å². The SMILES string of the molecule is CCCCC[n+]1nn(CCCC)c2c1C(=O)c1ccccc1C2=O.[Cl-]. The van der Waals surface area contributed by atoms with Gasteiger partial charge in [-0.15, -0.1) is 9.36 Å². The Balaban J connectivity index is 0.00000225. The molecule has 134 valence electrons. The zero-order valence-corrected chi connectivity index (χ0v) is 15.6. The molecule has 1 aliphatic carbocycles. The first-order chi connectivity index (χ1) is 11.7. The Labute approximate surface area is 154 Å². The van der Waals surface area contributed by atoms with Crippen LogP contribution in [0.25, 0.3) is 0 Å². The van der Waals surface area contributed by atoms with Crippen LogP contribution in [0.5, 0.6) is 0 Å². The van der Waals surface area contributed by atoms with E-state index >= 15 is 0 Å². The summed E-state index contributed by atoms with van der Waals surface area (Å²) in [6, 6.07) is 7.07. The molecule has 0 amide bonds. The van der Waals surface area contributed by atoms with Gasteiger partial charge in [-0.25, -0.2) is 0 Å². The van der Waals surface area contributed by atoms with E-state index in [4.69, 9.17) is 0 Å². The first-order valence-electron chi connectivity index (χ1n) is 8.88. The van der Waals surface area contributed by atoms with E-state index in [1.165, 1.54) is 0 Å². The van der Waals surface area contributed by atoms with Gasteiger partial charge in [-0.3, -0.25) is 9.59 Å². The second-order valence-corrected chi connectivity index (χ2v) is 6.30.